The zero-order valence-corrected chi connectivity index (χ0v) is 5.13. The molecule has 0 fully saturated rings. The highest BCUT2D eigenvalue weighted by Gasteiger charge is 2.01. The summed E-state index contributed by atoms with van der Waals surface area (Å²) in [6.07, 6.45) is 0. The van der Waals surface area contributed by atoms with Crippen molar-refractivity contribution in [1.82, 2.24) is 0 Å². The van der Waals surface area contributed by atoms with E-state index >= 15 is 0 Å². The lowest BCUT2D eigenvalue weighted by atomic mass is 10.4. The molecular weight excluding hydrogens is 134 g/mol. The van der Waals surface area contributed by atoms with Crippen molar-refractivity contribution in [3.63, 3.8) is 0 Å². The number of anilines is 3. The third kappa shape index (κ3) is 0.883. The standard InChI is InChI=1S/C5H7N3O2/c6-3-1-2(9)4(7)5(8)10-3/h1H,6-8H2. The Morgan fingerprint density at radius 1 is 1.30 bits per heavy atom. The number of nitrogen functional groups attached to an aromatic ring is 3. The molecule has 5 heteroatoms. The van der Waals surface area contributed by atoms with Crippen molar-refractivity contribution in [2.45, 2.75) is 0 Å². The van der Waals surface area contributed by atoms with Gasteiger partial charge in [-0.05, 0) is 0 Å². The highest BCUT2D eigenvalue weighted by Crippen LogP contribution is 2.11. The molecule has 0 aromatic carbocycles. The monoisotopic (exact) mass is 141 g/mol. The maximum Gasteiger partial charge on any atom is 0.220 e. The summed E-state index contributed by atoms with van der Waals surface area (Å²) in [6, 6.07) is 1.08. The van der Waals surface area contributed by atoms with Gasteiger partial charge < -0.3 is 21.6 Å². The van der Waals surface area contributed by atoms with Crippen LogP contribution in [0, 0.1) is 0 Å². The number of rotatable bonds is 0. The summed E-state index contributed by atoms with van der Waals surface area (Å²) in [5.74, 6) is -0.165. The molecule has 0 aliphatic heterocycles. The van der Waals surface area contributed by atoms with E-state index in [1.165, 1.54) is 0 Å². The van der Waals surface area contributed by atoms with Gasteiger partial charge >= 0.3 is 0 Å². The summed E-state index contributed by atoms with van der Waals surface area (Å²) in [5, 5.41) is 0. The van der Waals surface area contributed by atoms with Crippen LogP contribution in [0.2, 0.25) is 0 Å². The molecule has 0 atom stereocenters. The van der Waals surface area contributed by atoms with Gasteiger partial charge in [0, 0.05) is 6.07 Å². The first kappa shape index (κ1) is 6.47. The van der Waals surface area contributed by atoms with E-state index in [1.54, 1.807) is 0 Å². The maximum atomic E-state index is 10.7. The zero-order chi connectivity index (χ0) is 7.72. The minimum Gasteiger partial charge on any atom is -0.423 e. The lowest BCUT2D eigenvalue weighted by Gasteiger charge is -1.96. The van der Waals surface area contributed by atoms with E-state index in [1.807, 2.05) is 0 Å². The van der Waals surface area contributed by atoms with Crippen LogP contribution in [0.5, 0.6) is 0 Å². The van der Waals surface area contributed by atoms with Crippen molar-refractivity contribution in [1.29, 1.82) is 0 Å². The van der Waals surface area contributed by atoms with Crippen molar-refractivity contribution in [3.05, 3.63) is 16.3 Å². The molecule has 0 saturated heterocycles. The molecule has 5 nitrogen and oxygen atoms in total. The molecule has 0 bridgehead atoms. The molecule has 1 heterocycles. The third-order valence-corrected chi connectivity index (χ3v) is 1.03. The first-order valence-corrected chi connectivity index (χ1v) is 2.56. The van der Waals surface area contributed by atoms with Gasteiger partial charge in [-0.1, -0.05) is 0 Å². The van der Waals surface area contributed by atoms with Gasteiger partial charge in [0.25, 0.3) is 0 Å². The molecule has 0 amide bonds. The summed E-state index contributed by atoms with van der Waals surface area (Å²) in [4.78, 5) is 10.7. The summed E-state index contributed by atoms with van der Waals surface area (Å²) in [5.41, 5.74) is 14.9. The predicted octanol–water partition coefficient (Wildman–Crippen LogP) is -0.614. The second-order valence-corrected chi connectivity index (χ2v) is 1.79. The normalized spacial score (nSPS) is 9.60. The van der Waals surface area contributed by atoms with Gasteiger partial charge in [0.2, 0.25) is 11.3 Å². The quantitative estimate of drug-likeness (QED) is 0.446. The Bertz CT molecular complexity index is 304. The smallest absolute Gasteiger partial charge is 0.220 e. The van der Waals surface area contributed by atoms with E-state index in [0.29, 0.717) is 0 Å². The summed E-state index contributed by atoms with van der Waals surface area (Å²) < 4.78 is 4.62. The molecule has 0 radical (unpaired) electrons. The van der Waals surface area contributed by atoms with Crippen LogP contribution in [0.1, 0.15) is 0 Å². The Balaban J connectivity index is 3.46. The van der Waals surface area contributed by atoms with Crippen LogP contribution in [0.15, 0.2) is 15.3 Å². The van der Waals surface area contributed by atoms with E-state index in [2.05, 4.69) is 4.42 Å². The van der Waals surface area contributed by atoms with Crippen LogP contribution in [0.3, 0.4) is 0 Å². The van der Waals surface area contributed by atoms with Gasteiger partial charge in [-0.2, -0.15) is 0 Å². The van der Waals surface area contributed by atoms with Crippen LogP contribution >= 0.6 is 0 Å². The lowest BCUT2D eigenvalue weighted by molar-refractivity contribution is 0.594. The SMILES string of the molecule is Nc1cc(=O)c(N)c(N)o1. The Labute approximate surface area is 56.4 Å². The van der Waals surface area contributed by atoms with E-state index in [9.17, 15) is 4.79 Å². The van der Waals surface area contributed by atoms with Crippen LogP contribution < -0.4 is 22.6 Å². The summed E-state index contributed by atoms with van der Waals surface area (Å²) in [6.45, 7) is 0. The molecular formula is C5H7N3O2. The molecule has 54 valence electrons. The van der Waals surface area contributed by atoms with Gasteiger partial charge in [0.05, 0.1) is 0 Å². The summed E-state index contributed by atoms with van der Waals surface area (Å²) >= 11 is 0. The van der Waals surface area contributed by atoms with Gasteiger partial charge in [0.15, 0.2) is 5.88 Å². The number of hydrogen-bond acceptors (Lipinski definition) is 5. The summed E-state index contributed by atoms with van der Waals surface area (Å²) in [7, 11) is 0. The molecule has 1 aromatic rings. The zero-order valence-electron chi connectivity index (χ0n) is 5.13. The molecule has 0 unspecified atom stereocenters. The Hall–Kier alpha value is -1.65. The molecule has 0 aliphatic rings. The fraction of sp³-hybridized carbons (Fsp3) is 0. The molecule has 0 aliphatic carbocycles. The van der Waals surface area contributed by atoms with Crippen molar-refractivity contribution in [2.24, 2.45) is 0 Å². The third-order valence-electron chi connectivity index (χ3n) is 1.03. The second kappa shape index (κ2) is 1.94. The van der Waals surface area contributed by atoms with Crippen molar-refractivity contribution in [2.75, 3.05) is 17.2 Å². The predicted molar refractivity (Wildman–Crippen MR) is 38.2 cm³/mol. The topological polar surface area (TPSA) is 108 Å². The van der Waals surface area contributed by atoms with E-state index in [0.717, 1.165) is 6.07 Å². The highest BCUT2D eigenvalue weighted by molar-refractivity contribution is 5.57. The van der Waals surface area contributed by atoms with Crippen molar-refractivity contribution in [3.8, 4) is 0 Å². The highest BCUT2D eigenvalue weighted by atomic mass is 16.4. The fourth-order valence-corrected chi connectivity index (χ4v) is 0.540. The van der Waals surface area contributed by atoms with Crippen molar-refractivity contribution >= 4 is 17.5 Å². The first-order chi connectivity index (χ1) is 4.61. The average Bonchev–Trinajstić information content (AvgIpc) is 1.82. The fourth-order valence-electron chi connectivity index (χ4n) is 0.540. The number of hydrogen-bond donors (Lipinski definition) is 3. The Morgan fingerprint density at radius 2 is 1.90 bits per heavy atom. The molecule has 0 spiro atoms. The van der Waals surface area contributed by atoms with Gasteiger partial charge in [-0.25, -0.2) is 0 Å². The van der Waals surface area contributed by atoms with Crippen molar-refractivity contribution < 1.29 is 4.42 Å². The van der Waals surface area contributed by atoms with Gasteiger partial charge in [-0.15, -0.1) is 0 Å². The molecule has 1 rings (SSSR count). The molecule has 0 saturated carbocycles. The number of nitrogens with two attached hydrogens (primary N) is 3. The van der Waals surface area contributed by atoms with Crippen LogP contribution in [0.25, 0.3) is 0 Å². The largest absolute Gasteiger partial charge is 0.423 e. The van der Waals surface area contributed by atoms with Crippen LogP contribution in [0.4, 0.5) is 17.5 Å². The minimum absolute atomic E-state index is 0.0308. The first-order valence-electron chi connectivity index (χ1n) is 2.56. The Kier molecular flexibility index (Phi) is 1.26. The second-order valence-electron chi connectivity index (χ2n) is 1.79. The minimum atomic E-state index is -0.416. The van der Waals surface area contributed by atoms with E-state index in [4.69, 9.17) is 17.2 Å². The molecule has 10 heavy (non-hydrogen) atoms. The van der Waals surface area contributed by atoms with E-state index < -0.39 is 5.43 Å². The average molecular weight is 141 g/mol. The molecule has 1 aromatic heterocycles. The lowest BCUT2D eigenvalue weighted by Crippen LogP contribution is -2.10. The Morgan fingerprint density at radius 3 is 2.40 bits per heavy atom. The van der Waals surface area contributed by atoms with Crippen LogP contribution in [-0.2, 0) is 0 Å². The maximum absolute atomic E-state index is 10.7. The molecule has 6 N–H and O–H groups in total. The van der Waals surface area contributed by atoms with Gasteiger partial charge in [-0.3, -0.25) is 4.79 Å². The van der Waals surface area contributed by atoms with E-state index in [-0.39, 0.29) is 17.5 Å². The van der Waals surface area contributed by atoms with Crippen LogP contribution in [-0.4, -0.2) is 0 Å². The van der Waals surface area contributed by atoms with Gasteiger partial charge in [0.1, 0.15) is 5.69 Å².